The van der Waals surface area contributed by atoms with E-state index < -0.39 is 20.5 Å². The SMILES string of the molecule is C.CCCc1cnc(-c2ccccc2)c(-c2ccccc2S(N)(=O)=O)c1.NC(=O)S.NC(=O)S.O. The largest absolute Gasteiger partial charge is 0.412 e. The van der Waals surface area contributed by atoms with Crippen molar-refractivity contribution in [3.8, 4) is 22.4 Å². The van der Waals surface area contributed by atoms with Crippen LogP contribution in [0.15, 0.2) is 71.8 Å². The lowest BCUT2D eigenvalue weighted by molar-refractivity contribution is 0.266. The van der Waals surface area contributed by atoms with Crippen molar-refractivity contribution in [2.24, 2.45) is 16.6 Å². The minimum Gasteiger partial charge on any atom is -0.412 e. The fraction of sp³-hybridized carbons (Fsp3) is 0.174. The monoisotopic (exact) mass is 540 g/mol. The Morgan fingerprint density at radius 2 is 1.40 bits per heavy atom. The second kappa shape index (κ2) is 16.7. The molecule has 0 aliphatic heterocycles. The first kappa shape index (κ1) is 34.3. The molecule has 9 nitrogen and oxygen atoms in total. The van der Waals surface area contributed by atoms with Gasteiger partial charge in [0.1, 0.15) is 0 Å². The van der Waals surface area contributed by atoms with Crippen LogP contribution in [0.4, 0.5) is 9.59 Å². The number of pyridine rings is 1. The first-order chi connectivity index (χ1) is 15.5. The van der Waals surface area contributed by atoms with Gasteiger partial charge in [-0.1, -0.05) is 94.6 Å². The highest BCUT2D eigenvalue weighted by molar-refractivity contribution is 7.96. The van der Waals surface area contributed by atoms with Gasteiger partial charge in [0, 0.05) is 22.9 Å². The van der Waals surface area contributed by atoms with E-state index in [4.69, 9.17) is 14.7 Å². The van der Waals surface area contributed by atoms with Gasteiger partial charge >= 0.3 is 0 Å². The molecule has 0 spiro atoms. The number of nitrogens with zero attached hydrogens (tertiary/aromatic N) is 1. The van der Waals surface area contributed by atoms with Crippen LogP contribution >= 0.6 is 25.3 Å². The molecule has 0 aliphatic rings. The molecule has 35 heavy (non-hydrogen) atoms. The number of hydrogen-bond donors (Lipinski definition) is 5. The molecular weight excluding hydrogens is 508 g/mol. The number of thiol groups is 2. The number of carbonyl (C=O) groups excluding carboxylic acids is 2. The molecule has 0 atom stereocenters. The summed E-state index contributed by atoms with van der Waals surface area (Å²) in [6, 6.07) is 18.6. The zero-order valence-corrected chi connectivity index (χ0v) is 21.0. The van der Waals surface area contributed by atoms with E-state index in [0.717, 1.165) is 35.2 Å². The van der Waals surface area contributed by atoms with Crippen molar-refractivity contribution in [1.82, 2.24) is 4.98 Å². The Morgan fingerprint density at radius 3 is 1.89 bits per heavy atom. The van der Waals surface area contributed by atoms with Gasteiger partial charge in [0.15, 0.2) is 0 Å². The summed E-state index contributed by atoms with van der Waals surface area (Å²) in [4.78, 5) is 22.9. The topological polar surface area (TPSA) is 191 Å². The van der Waals surface area contributed by atoms with E-state index in [2.05, 4.69) is 48.6 Å². The van der Waals surface area contributed by atoms with Crippen LogP contribution in [0.5, 0.6) is 0 Å². The Labute approximate surface area is 217 Å². The van der Waals surface area contributed by atoms with Gasteiger partial charge in [0.25, 0.3) is 10.5 Å². The van der Waals surface area contributed by atoms with Crippen molar-refractivity contribution in [2.45, 2.75) is 32.1 Å². The van der Waals surface area contributed by atoms with E-state index in [9.17, 15) is 8.42 Å². The first-order valence-electron chi connectivity index (χ1n) is 9.60. The van der Waals surface area contributed by atoms with Crippen molar-refractivity contribution in [3.05, 3.63) is 72.4 Å². The van der Waals surface area contributed by atoms with Crippen LogP contribution in [0.2, 0.25) is 0 Å². The highest BCUT2D eigenvalue weighted by atomic mass is 32.2. The molecule has 2 amide bonds. The van der Waals surface area contributed by atoms with Gasteiger partial charge in [-0.2, -0.15) is 0 Å². The lowest BCUT2D eigenvalue weighted by Gasteiger charge is -2.14. The molecule has 3 aromatic rings. The number of primary sulfonamides is 1. The lowest BCUT2D eigenvalue weighted by Crippen LogP contribution is -2.13. The summed E-state index contributed by atoms with van der Waals surface area (Å²) in [5, 5.41) is 4.15. The number of sulfonamides is 1. The Hall–Kier alpha value is -2.90. The predicted molar refractivity (Wildman–Crippen MR) is 148 cm³/mol. The summed E-state index contributed by atoms with van der Waals surface area (Å²) < 4.78 is 24.1. The molecule has 2 aromatic carbocycles. The van der Waals surface area contributed by atoms with Crippen molar-refractivity contribution >= 4 is 45.8 Å². The molecule has 1 heterocycles. The van der Waals surface area contributed by atoms with Gasteiger partial charge in [0.05, 0.1) is 10.6 Å². The summed E-state index contributed by atoms with van der Waals surface area (Å²) in [6.07, 6.45) is 3.73. The fourth-order valence-corrected chi connectivity index (χ4v) is 3.65. The minimum atomic E-state index is -3.83. The molecule has 0 radical (unpaired) electrons. The number of aromatic nitrogens is 1. The van der Waals surface area contributed by atoms with Crippen molar-refractivity contribution in [2.75, 3.05) is 0 Å². The predicted octanol–water partition coefficient (Wildman–Crippen LogP) is 3.82. The van der Waals surface area contributed by atoms with Gasteiger partial charge in [-0.15, -0.1) is 0 Å². The summed E-state index contributed by atoms with van der Waals surface area (Å²) >= 11 is 6.21. The Morgan fingerprint density at radius 1 is 0.914 bits per heavy atom. The van der Waals surface area contributed by atoms with Crippen LogP contribution in [0.3, 0.4) is 0 Å². The van der Waals surface area contributed by atoms with Crippen LogP contribution in [-0.4, -0.2) is 29.4 Å². The number of amides is 2. The summed E-state index contributed by atoms with van der Waals surface area (Å²) in [7, 11) is -3.83. The van der Waals surface area contributed by atoms with Crippen molar-refractivity contribution in [1.29, 1.82) is 0 Å². The Balaban J connectivity index is 0. The minimum absolute atomic E-state index is 0. The first-order valence-corrected chi connectivity index (χ1v) is 12.0. The molecule has 192 valence electrons. The third-order valence-electron chi connectivity index (χ3n) is 4.01. The third kappa shape index (κ3) is 12.4. The maximum atomic E-state index is 12.0. The van der Waals surface area contributed by atoms with Gasteiger partial charge in [-0.05, 0) is 24.1 Å². The van der Waals surface area contributed by atoms with Gasteiger partial charge in [-0.3, -0.25) is 14.6 Å². The molecule has 3 rings (SSSR count). The maximum Gasteiger partial charge on any atom is 0.273 e. The smallest absolute Gasteiger partial charge is 0.273 e. The van der Waals surface area contributed by atoms with E-state index in [0.29, 0.717) is 5.56 Å². The van der Waals surface area contributed by atoms with Crippen LogP contribution < -0.4 is 16.6 Å². The second-order valence-electron chi connectivity index (χ2n) is 6.57. The maximum absolute atomic E-state index is 12.0. The standard InChI is InChI=1S/C20H20N2O2S.2CH3NOS.CH4.H2O/c1-2-8-15-13-18(17-11-6-7-12-19(17)25(21,23)24)20(22-14-15)16-9-4-3-5-10-16;2*2-1(3)4;;/h3-7,9-14H,2,8H2,1H3,(H2,21,23,24);2*(H3,2,3,4);1H4;1H2. The third-order valence-corrected chi connectivity index (χ3v) is 4.98. The number of benzene rings is 2. The summed E-state index contributed by atoms with van der Waals surface area (Å²) in [5.41, 5.74) is 12.8. The number of primary amides is 2. The highest BCUT2D eigenvalue weighted by Gasteiger charge is 2.18. The number of hydrogen-bond acceptors (Lipinski definition) is 5. The number of rotatable bonds is 5. The summed E-state index contributed by atoms with van der Waals surface area (Å²) in [6.45, 7) is 2.10. The van der Waals surface area contributed by atoms with Crippen LogP contribution in [0, 0.1) is 0 Å². The van der Waals surface area contributed by atoms with E-state index >= 15 is 0 Å². The zero-order valence-electron chi connectivity index (χ0n) is 18.4. The molecule has 0 aliphatic carbocycles. The van der Waals surface area contributed by atoms with Crippen molar-refractivity contribution < 1.29 is 23.5 Å². The molecule has 1 aromatic heterocycles. The Kier molecular flexibility index (Phi) is 16.3. The normalized spacial score (nSPS) is 9.60. The molecular formula is C23H32N4O5S3. The number of carbonyl (C=O) groups is 2. The molecule has 0 saturated carbocycles. The highest BCUT2D eigenvalue weighted by Crippen LogP contribution is 2.34. The second-order valence-corrected chi connectivity index (χ2v) is 8.98. The van der Waals surface area contributed by atoms with E-state index in [1.54, 1.807) is 12.1 Å². The number of nitrogens with two attached hydrogens (primary N) is 3. The molecule has 0 unspecified atom stereocenters. The van der Waals surface area contributed by atoms with E-state index in [-0.39, 0.29) is 17.8 Å². The Bertz CT molecular complexity index is 1170. The zero-order chi connectivity index (χ0) is 25.0. The van der Waals surface area contributed by atoms with Crippen molar-refractivity contribution in [3.63, 3.8) is 0 Å². The molecule has 0 saturated heterocycles. The fourth-order valence-electron chi connectivity index (χ4n) is 2.90. The lowest BCUT2D eigenvalue weighted by atomic mass is 9.97. The molecule has 0 fully saturated rings. The van der Waals surface area contributed by atoms with E-state index in [1.807, 2.05) is 48.7 Å². The molecule has 8 N–H and O–H groups in total. The van der Waals surface area contributed by atoms with Crippen LogP contribution in [0.1, 0.15) is 26.3 Å². The number of aryl methyl sites for hydroxylation is 1. The van der Waals surface area contributed by atoms with Gasteiger partial charge in [0.2, 0.25) is 10.0 Å². The quantitative estimate of drug-likeness (QED) is 0.307. The average Bonchev–Trinajstić information content (AvgIpc) is 2.73. The van der Waals surface area contributed by atoms with Crippen LogP contribution in [0.25, 0.3) is 22.4 Å². The summed E-state index contributed by atoms with van der Waals surface area (Å²) in [5.74, 6) is 0. The van der Waals surface area contributed by atoms with Gasteiger partial charge < -0.3 is 16.9 Å². The molecule has 0 bridgehead atoms. The van der Waals surface area contributed by atoms with Gasteiger partial charge in [-0.25, -0.2) is 13.6 Å². The van der Waals surface area contributed by atoms with E-state index in [1.165, 1.54) is 6.07 Å². The van der Waals surface area contributed by atoms with Crippen LogP contribution in [-0.2, 0) is 16.4 Å². The molecule has 12 heteroatoms. The average molecular weight is 541 g/mol.